The van der Waals surface area contributed by atoms with E-state index in [-0.39, 0.29) is 31.8 Å². The Morgan fingerprint density at radius 1 is 1.30 bits per heavy atom. The van der Waals surface area contributed by atoms with E-state index in [0.29, 0.717) is 5.56 Å². The number of carbonyl (C=O) groups is 1. The summed E-state index contributed by atoms with van der Waals surface area (Å²) in [6, 6.07) is 5.30. The molecule has 1 aromatic carbocycles. The molecular weight excluding hydrogens is 335 g/mol. The van der Waals surface area contributed by atoms with Crippen LogP contribution >= 0.6 is 15.9 Å². The van der Waals surface area contributed by atoms with E-state index in [4.69, 9.17) is 0 Å². The van der Waals surface area contributed by atoms with Crippen LogP contribution < -0.4 is 0 Å². The maximum Gasteiger partial charge on any atom is 0.391 e. The molecule has 1 aliphatic heterocycles. The Bertz CT molecular complexity index is 508. The van der Waals surface area contributed by atoms with Gasteiger partial charge >= 0.3 is 6.18 Å². The first-order chi connectivity index (χ1) is 9.30. The first-order valence-electron chi connectivity index (χ1n) is 6.42. The van der Waals surface area contributed by atoms with Crippen molar-refractivity contribution >= 4 is 21.8 Å². The van der Waals surface area contributed by atoms with Gasteiger partial charge in [0, 0.05) is 23.1 Å². The minimum Gasteiger partial charge on any atom is -0.339 e. The van der Waals surface area contributed by atoms with Crippen molar-refractivity contribution in [2.75, 3.05) is 13.1 Å². The van der Waals surface area contributed by atoms with Gasteiger partial charge in [0.2, 0.25) is 0 Å². The third-order valence-corrected chi connectivity index (χ3v) is 4.60. The summed E-state index contributed by atoms with van der Waals surface area (Å²) in [4.78, 5) is 13.9. The van der Waals surface area contributed by atoms with Gasteiger partial charge in [0.25, 0.3) is 5.91 Å². The first-order valence-corrected chi connectivity index (χ1v) is 7.21. The fourth-order valence-corrected chi connectivity index (χ4v) is 2.79. The topological polar surface area (TPSA) is 20.3 Å². The molecule has 0 bridgehead atoms. The molecule has 110 valence electrons. The van der Waals surface area contributed by atoms with Gasteiger partial charge in [-0.25, -0.2) is 0 Å². The van der Waals surface area contributed by atoms with Crippen LogP contribution in [-0.4, -0.2) is 30.1 Å². The Hall–Kier alpha value is -1.04. The van der Waals surface area contributed by atoms with Gasteiger partial charge in [-0.15, -0.1) is 0 Å². The third kappa shape index (κ3) is 3.16. The second-order valence-corrected chi connectivity index (χ2v) is 5.87. The smallest absolute Gasteiger partial charge is 0.339 e. The predicted octanol–water partition coefficient (Wildman–Crippen LogP) is 4.17. The Kier molecular flexibility index (Phi) is 4.42. The summed E-state index contributed by atoms with van der Waals surface area (Å²) < 4.78 is 38.6. The Morgan fingerprint density at radius 3 is 2.45 bits per heavy atom. The number of piperidine rings is 1. The SMILES string of the molecule is Cc1c(Br)cccc1C(=O)N1CCC(C(F)(F)F)CC1. The van der Waals surface area contributed by atoms with E-state index in [0.717, 1.165) is 10.0 Å². The van der Waals surface area contributed by atoms with Crippen molar-refractivity contribution in [3.8, 4) is 0 Å². The van der Waals surface area contributed by atoms with Gasteiger partial charge in [0.05, 0.1) is 5.92 Å². The van der Waals surface area contributed by atoms with Crippen molar-refractivity contribution in [2.45, 2.75) is 25.9 Å². The molecule has 2 rings (SSSR count). The highest BCUT2D eigenvalue weighted by atomic mass is 79.9. The minimum atomic E-state index is -4.15. The quantitative estimate of drug-likeness (QED) is 0.744. The summed E-state index contributed by atoms with van der Waals surface area (Å²) in [5, 5.41) is 0. The molecule has 2 nitrogen and oxygen atoms in total. The number of carbonyl (C=O) groups excluding carboxylic acids is 1. The van der Waals surface area contributed by atoms with E-state index in [2.05, 4.69) is 15.9 Å². The summed E-state index contributed by atoms with van der Waals surface area (Å²) in [6.45, 7) is 2.14. The van der Waals surface area contributed by atoms with Crippen LogP contribution in [0.5, 0.6) is 0 Å². The summed E-state index contributed by atoms with van der Waals surface area (Å²) in [5.41, 5.74) is 1.36. The normalized spacial score (nSPS) is 17.4. The van der Waals surface area contributed by atoms with E-state index in [1.807, 2.05) is 13.0 Å². The highest BCUT2D eigenvalue weighted by molar-refractivity contribution is 9.10. The van der Waals surface area contributed by atoms with Gasteiger partial charge < -0.3 is 4.90 Å². The molecule has 0 saturated carbocycles. The van der Waals surface area contributed by atoms with Crippen LogP contribution in [0.15, 0.2) is 22.7 Å². The molecule has 0 atom stereocenters. The number of likely N-dealkylation sites (tertiary alicyclic amines) is 1. The van der Waals surface area contributed by atoms with Gasteiger partial charge in [-0.3, -0.25) is 4.79 Å². The summed E-state index contributed by atoms with van der Waals surface area (Å²) in [7, 11) is 0. The van der Waals surface area contributed by atoms with E-state index < -0.39 is 12.1 Å². The van der Waals surface area contributed by atoms with Crippen LogP contribution in [0, 0.1) is 12.8 Å². The van der Waals surface area contributed by atoms with Crippen molar-refractivity contribution in [3.05, 3.63) is 33.8 Å². The van der Waals surface area contributed by atoms with Gasteiger partial charge in [0.1, 0.15) is 0 Å². The number of benzene rings is 1. The summed E-state index contributed by atoms with van der Waals surface area (Å²) >= 11 is 3.35. The molecular formula is C14H15BrF3NO. The van der Waals surface area contributed by atoms with Crippen LogP contribution in [0.2, 0.25) is 0 Å². The maximum absolute atomic E-state index is 12.6. The van der Waals surface area contributed by atoms with Crippen LogP contribution in [0.3, 0.4) is 0 Å². The second-order valence-electron chi connectivity index (χ2n) is 5.02. The lowest BCUT2D eigenvalue weighted by atomic mass is 9.95. The lowest BCUT2D eigenvalue weighted by Crippen LogP contribution is -2.42. The molecule has 1 aromatic rings. The molecule has 1 amide bonds. The molecule has 1 saturated heterocycles. The van der Waals surface area contributed by atoms with Gasteiger partial charge in [-0.1, -0.05) is 22.0 Å². The minimum absolute atomic E-state index is 0.0116. The number of rotatable bonds is 1. The highest BCUT2D eigenvalue weighted by Gasteiger charge is 2.41. The molecule has 20 heavy (non-hydrogen) atoms. The Balaban J connectivity index is 2.07. The molecule has 0 aliphatic carbocycles. The van der Waals surface area contributed by atoms with Crippen molar-refractivity contribution in [1.82, 2.24) is 4.90 Å². The van der Waals surface area contributed by atoms with Crippen molar-refractivity contribution < 1.29 is 18.0 Å². The Labute approximate surface area is 124 Å². The Morgan fingerprint density at radius 2 is 1.90 bits per heavy atom. The standard InChI is InChI=1S/C14H15BrF3NO/c1-9-11(3-2-4-12(9)15)13(20)19-7-5-10(6-8-19)14(16,17)18/h2-4,10H,5-8H2,1H3. The van der Waals surface area contributed by atoms with E-state index in [1.165, 1.54) is 4.90 Å². The number of hydrogen-bond donors (Lipinski definition) is 0. The van der Waals surface area contributed by atoms with Crippen molar-refractivity contribution in [3.63, 3.8) is 0 Å². The zero-order chi connectivity index (χ0) is 14.9. The number of amides is 1. The lowest BCUT2D eigenvalue weighted by Gasteiger charge is -2.33. The van der Waals surface area contributed by atoms with E-state index in [9.17, 15) is 18.0 Å². The molecule has 0 spiro atoms. The first kappa shape index (κ1) is 15.4. The second kappa shape index (κ2) is 5.76. The molecule has 1 fully saturated rings. The predicted molar refractivity (Wildman–Crippen MR) is 73.6 cm³/mol. The van der Waals surface area contributed by atoms with Gasteiger partial charge in [-0.2, -0.15) is 13.2 Å². The van der Waals surface area contributed by atoms with E-state index >= 15 is 0 Å². The van der Waals surface area contributed by atoms with Crippen LogP contribution in [0.1, 0.15) is 28.8 Å². The van der Waals surface area contributed by atoms with Crippen LogP contribution in [0.4, 0.5) is 13.2 Å². The summed E-state index contributed by atoms with van der Waals surface area (Å²) in [5.74, 6) is -1.47. The fourth-order valence-electron chi connectivity index (χ4n) is 2.42. The largest absolute Gasteiger partial charge is 0.391 e. The molecule has 0 radical (unpaired) electrons. The van der Waals surface area contributed by atoms with Crippen molar-refractivity contribution in [2.24, 2.45) is 5.92 Å². The van der Waals surface area contributed by atoms with Crippen molar-refractivity contribution in [1.29, 1.82) is 0 Å². The van der Waals surface area contributed by atoms with E-state index in [1.54, 1.807) is 12.1 Å². The zero-order valence-electron chi connectivity index (χ0n) is 11.0. The number of hydrogen-bond acceptors (Lipinski definition) is 1. The average molecular weight is 350 g/mol. The molecule has 1 heterocycles. The fraction of sp³-hybridized carbons (Fsp3) is 0.500. The van der Waals surface area contributed by atoms with Gasteiger partial charge in [-0.05, 0) is 37.5 Å². The zero-order valence-corrected chi connectivity index (χ0v) is 12.6. The lowest BCUT2D eigenvalue weighted by molar-refractivity contribution is -0.183. The molecule has 0 N–H and O–H groups in total. The number of alkyl halides is 3. The molecule has 0 unspecified atom stereocenters. The summed E-state index contributed by atoms with van der Waals surface area (Å²) in [6.07, 6.45) is -4.18. The number of halogens is 4. The molecule has 1 aliphatic rings. The maximum atomic E-state index is 12.6. The number of nitrogens with zero attached hydrogens (tertiary/aromatic N) is 1. The average Bonchev–Trinajstić information content (AvgIpc) is 2.40. The highest BCUT2D eigenvalue weighted by Crippen LogP contribution is 2.34. The molecule has 6 heteroatoms. The third-order valence-electron chi connectivity index (χ3n) is 3.74. The monoisotopic (exact) mass is 349 g/mol. The van der Waals surface area contributed by atoms with Crippen LogP contribution in [0.25, 0.3) is 0 Å². The molecule has 0 aromatic heterocycles. The van der Waals surface area contributed by atoms with Crippen LogP contribution in [-0.2, 0) is 0 Å². The van der Waals surface area contributed by atoms with Gasteiger partial charge in [0.15, 0.2) is 0 Å².